The van der Waals surface area contributed by atoms with Gasteiger partial charge in [-0.15, -0.1) is 0 Å². The van der Waals surface area contributed by atoms with Crippen LogP contribution in [0.2, 0.25) is 5.02 Å². The Kier molecular flexibility index (Phi) is 11.4. The number of carbonyl (C=O) groups is 2. The molecule has 0 spiro atoms. The number of carboxylic acid groups (broad SMARTS) is 1. The van der Waals surface area contributed by atoms with E-state index in [0.29, 0.717) is 5.75 Å². The molecule has 3 N–H and O–H groups in total. The SMILES string of the molecule is COc1ccc(Cl)c(Oc2c(NS(=O)(=O)c3ccc(OC)c(OCC(=O)O)c3)ncnc2OCCOC(=O)Nc2ccccc2F)c1. The van der Waals surface area contributed by atoms with Crippen molar-refractivity contribution in [3.8, 4) is 34.6 Å². The van der Waals surface area contributed by atoms with Crippen molar-refractivity contribution in [2.75, 3.05) is 44.1 Å². The summed E-state index contributed by atoms with van der Waals surface area (Å²) in [6.45, 7) is -1.40. The van der Waals surface area contributed by atoms with Crippen LogP contribution in [-0.2, 0) is 19.6 Å². The van der Waals surface area contributed by atoms with Gasteiger partial charge in [0, 0.05) is 12.1 Å². The fraction of sp³-hybridized carbons (Fsp3) is 0.172. The predicted molar refractivity (Wildman–Crippen MR) is 164 cm³/mol. The van der Waals surface area contributed by atoms with Gasteiger partial charge in [0.1, 0.15) is 36.9 Å². The maximum absolute atomic E-state index is 13.8. The molecule has 15 nitrogen and oxygen atoms in total. The summed E-state index contributed by atoms with van der Waals surface area (Å²) in [5, 5.41) is 11.3. The third kappa shape index (κ3) is 9.24. The Balaban J connectivity index is 1.59. The van der Waals surface area contributed by atoms with E-state index in [1.54, 1.807) is 6.07 Å². The van der Waals surface area contributed by atoms with E-state index in [-0.39, 0.29) is 57.7 Å². The van der Waals surface area contributed by atoms with Crippen LogP contribution >= 0.6 is 11.6 Å². The molecule has 0 aliphatic carbocycles. The number of aliphatic carboxylic acids is 1. The number of benzene rings is 3. The molecule has 0 unspecified atom stereocenters. The van der Waals surface area contributed by atoms with Crippen LogP contribution in [0, 0.1) is 5.82 Å². The number of para-hydroxylation sites is 1. The van der Waals surface area contributed by atoms with E-state index in [1.807, 2.05) is 0 Å². The minimum Gasteiger partial charge on any atom is -0.497 e. The lowest BCUT2D eigenvalue weighted by Crippen LogP contribution is -2.19. The highest BCUT2D eigenvalue weighted by Gasteiger charge is 2.25. The molecule has 0 atom stereocenters. The quantitative estimate of drug-likeness (QED) is 0.142. The molecule has 1 aromatic heterocycles. The average Bonchev–Trinajstić information content (AvgIpc) is 3.05. The van der Waals surface area contributed by atoms with Crippen molar-refractivity contribution in [3.63, 3.8) is 0 Å². The molecule has 3 aromatic carbocycles. The molecule has 0 saturated heterocycles. The van der Waals surface area contributed by atoms with Gasteiger partial charge < -0.3 is 33.5 Å². The number of hydrogen-bond acceptors (Lipinski definition) is 12. The van der Waals surface area contributed by atoms with Crippen LogP contribution in [0.5, 0.6) is 34.6 Å². The van der Waals surface area contributed by atoms with Crippen molar-refractivity contribution >= 4 is 45.2 Å². The molecule has 0 bridgehead atoms. The molecule has 0 radical (unpaired) electrons. The summed E-state index contributed by atoms with van der Waals surface area (Å²) in [5.74, 6) is -2.65. The maximum Gasteiger partial charge on any atom is 0.411 e. The number of halogens is 2. The molecule has 18 heteroatoms. The van der Waals surface area contributed by atoms with E-state index < -0.39 is 40.3 Å². The Morgan fingerprint density at radius 1 is 0.936 bits per heavy atom. The topological polar surface area (TPSA) is 194 Å². The summed E-state index contributed by atoms with van der Waals surface area (Å²) in [6, 6.07) is 13.5. The summed E-state index contributed by atoms with van der Waals surface area (Å²) >= 11 is 6.31. The maximum atomic E-state index is 13.8. The number of anilines is 2. The highest BCUT2D eigenvalue weighted by atomic mass is 35.5. The number of nitrogens with zero attached hydrogens (tertiary/aromatic N) is 2. The molecule has 4 rings (SSSR count). The number of ether oxygens (including phenoxy) is 6. The number of hydrogen-bond donors (Lipinski definition) is 3. The van der Waals surface area contributed by atoms with Gasteiger partial charge in [0.25, 0.3) is 15.9 Å². The van der Waals surface area contributed by atoms with Crippen molar-refractivity contribution in [1.82, 2.24) is 9.97 Å². The molecular weight excluding hydrogens is 667 g/mol. The zero-order valence-corrected chi connectivity index (χ0v) is 26.1. The van der Waals surface area contributed by atoms with Crippen LogP contribution in [-0.4, -0.2) is 69.6 Å². The molecule has 4 aromatic rings. The first-order valence-electron chi connectivity index (χ1n) is 13.2. The van der Waals surface area contributed by atoms with Gasteiger partial charge in [0.15, 0.2) is 23.9 Å². The van der Waals surface area contributed by atoms with E-state index >= 15 is 0 Å². The lowest BCUT2D eigenvalue weighted by atomic mass is 10.3. The number of aromatic nitrogens is 2. The highest BCUT2D eigenvalue weighted by Crippen LogP contribution is 2.40. The smallest absolute Gasteiger partial charge is 0.411 e. The Morgan fingerprint density at radius 2 is 1.72 bits per heavy atom. The Bertz CT molecular complexity index is 1860. The summed E-state index contributed by atoms with van der Waals surface area (Å²) in [6.07, 6.45) is 0.0228. The van der Waals surface area contributed by atoms with E-state index in [1.165, 1.54) is 56.7 Å². The minimum absolute atomic E-state index is 0.0143. The summed E-state index contributed by atoms with van der Waals surface area (Å²) in [7, 11) is -1.74. The van der Waals surface area contributed by atoms with Gasteiger partial charge in [-0.2, -0.15) is 4.98 Å². The number of carbonyl (C=O) groups excluding carboxylic acids is 1. The number of sulfonamides is 1. The molecule has 1 amide bonds. The van der Waals surface area contributed by atoms with Crippen LogP contribution in [0.25, 0.3) is 0 Å². The van der Waals surface area contributed by atoms with Gasteiger partial charge in [-0.1, -0.05) is 23.7 Å². The second-order valence-electron chi connectivity index (χ2n) is 8.94. The molecule has 47 heavy (non-hydrogen) atoms. The zero-order chi connectivity index (χ0) is 34.0. The normalized spacial score (nSPS) is 10.8. The average molecular weight is 693 g/mol. The van der Waals surface area contributed by atoms with Crippen LogP contribution in [0.1, 0.15) is 0 Å². The fourth-order valence-corrected chi connectivity index (χ4v) is 4.85. The molecule has 0 aliphatic heterocycles. The Labute approximate surface area is 272 Å². The van der Waals surface area contributed by atoms with E-state index in [0.717, 1.165) is 18.5 Å². The fourth-order valence-electron chi connectivity index (χ4n) is 3.67. The monoisotopic (exact) mass is 692 g/mol. The van der Waals surface area contributed by atoms with Gasteiger partial charge in [-0.25, -0.2) is 27.4 Å². The van der Waals surface area contributed by atoms with Crippen LogP contribution in [0.15, 0.2) is 71.9 Å². The van der Waals surface area contributed by atoms with Crippen molar-refractivity contribution in [1.29, 1.82) is 0 Å². The first-order valence-corrected chi connectivity index (χ1v) is 15.1. The van der Waals surface area contributed by atoms with E-state index in [9.17, 15) is 22.4 Å². The van der Waals surface area contributed by atoms with Crippen molar-refractivity contribution in [2.45, 2.75) is 4.90 Å². The number of nitrogens with one attached hydrogen (secondary N) is 2. The van der Waals surface area contributed by atoms with Crippen molar-refractivity contribution < 1.29 is 55.9 Å². The second kappa shape index (κ2) is 15.6. The van der Waals surface area contributed by atoms with Gasteiger partial charge in [-0.3, -0.25) is 10.0 Å². The summed E-state index contributed by atoms with van der Waals surface area (Å²) in [4.78, 5) is 30.8. The van der Waals surface area contributed by atoms with Crippen LogP contribution < -0.4 is 33.7 Å². The Hall–Kier alpha value is -5.55. The molecule has 0 aliphatic rings. The summed E-state index contributed by atoms with van der Waals surface area (Å²) in [5.41, 5.74) is -0.0885. The first-order chi connectivity index (χ1) is 22.5. The van der Waals surface area contributed by atoms with Crippen molar-refractivity contribution in [3.05, 3.63) is 77.8 Å². The molecule has 0 fully saturated rings. The van der Waals surface area contributed by atoms with Gasteiger partial charge in [0.2, 0.25) is 5.75 Å². The van der Waals surface area contributed by atoms with Crippen molar-refractivity contribution in [2.24, 2.45) is 0 Å². The summed E-state index contributed by atoms with van der Waals surface area (Å²) < 4.78 is 75.1. The highest BCUT2D eigenvalue weighted by molar-refractivity contribution is 7.92. The van der Waals surface area contributed by atoms with Gasteiger partial charge in [0.05, 0.1) is 29.8 Å². The van der Waals surface area contributed by atoms with Crippen LogP contribution in [0.4, 0.5) is 20.7 Å². The predicted octanol–water partition coefficient (Wildman–Crippen LogP) is 4.97. The number of carboxylic acids is 1. The molecular formula is C29H26ClFN4O11S. The number of rotatable bonds is 15. The third-order valence-corrected chi connectivity index (χ3v) is 7.46. The Morgan fingerprint density at radius 3 is 2.45 bits per heavy atom. The lowest BCUT2D eigenvalue weighted by Gasteiger charge is -2.17. The number of amides is 1. The van der Waals surface area contributed by atoms with Gasteiger partial charge in [-0.05, 0) is 36.4 Å². The van der Waals surface area contributed by atoms with Gasteiger partial charge >= 0.3 is 12.1 Å². The van der Waals surface area contributed by atoms with E-state index in [4.69, 9.17) is 45.1 Å². The molecule has 248 valence electrons. The zero-order valence-electron chi connectivity index (χ0n) is 24.6. The minimum atomic E-state index is -4.45. The second-order valence-corrected chi connectivity index (χ2v) is 11.0. The number of methoxy groups -OCH3 is 2. The third-order valence-electron chi connectivity index (χ3n) is 5.81. The molecule has 0 saturated carbocycles. The first kappa shape index (κ1) is 34.3. The largest absolute Gasteiger partial charge is 0.497 e. The molecule has 1 heterocycles. The van der Waals surface area contributed by atoms with Crippen LogP contribution in [0.3, 0.4) is 0 Å². The lowest BCUT2D eigenvalue weighted by molar-refractivity contribution is -0.139. The van der Waals surface area contributed by atoms with E-state index in [2.05, 4.69) is 20.0 Å². The standard InChI is InChI=1S/C29H26ClFN4O11S/c1-41-17-7-9-19(30)23(13-17)46-26-27(35-47(39,40)18-8-10-22(42-2)24(14-18)45-15-25(36)37)32-16-33-28(26)43-11-12-44-29(38)34-21-6-4-3-5-20(21)31/h3-10,13-14,16H,11-12,15H2,1-2H3,(H,34,38)(H,36,37)(H,32,33,35).